The van der Waals surface area contributed by atoms with Crippen LogP contribution in [0.3, 0.4) is 0 Å². The lowest BCUT2D eigenvalue weighted by Gasteiger charge is -2.13. The number of ether oxygens (including phenoxy) is 1. The average molecular weight is 182 g/mol. The summed E-state index contributed by atoms with van der Waals surface area (Å²) in [6.45, 7) is 1.84. The summed E-state index contributed by atoms with van der Waals surface area (Å²) in [5.41, 5.74) is 0. The summed E-state index contributed by atoms with van der Waals surface area (Å²) in [4.78, 5) is 9.92. The lowest BCUT2D eigenvalue weighted by atomic mass is 10.2. The molecule has 3 nitrogen and oxygen atoms in total. The molecule has 0 aliphatic carbocycles. The molecule has 0 aromatic rings. The van der Waals surface area contributed by atoms with E-state index in [1.165, 1.54) is 0 Å². The molecule has 0 radical (unpaired) electrons. The van der Waals surface area contributed by atoms with Gasteiger partial charge in [0, 0.05) is 0 Å². The summed E-state index contributed by atoms with van der Waals surface area (Å²) in [5.74, 6) is 0. The van der Waals surface area contributed by atoms with Gasteiger partial charge in [-0.25, -0.2) is 13.6 Å². The maximum absolute atomic E-state index is 12.0. The normalized spacial score (nSPS) is 13.0. The molecule has 0 heterocycles. The molecule has 0 amide bonds. The first-order valence-electron chi connectivity index (χ1n) is 3.75. The molecule has 0 aromatic carbocycles. The molecule has 0 spiro atoms. The van der Waals surface area contributed by atoms with Gasteiger partial charge >= 0.3 is 6.16 Å². The Morgan fingerprint density at radius 1 is 1.58 bits per heavy atom. The van der Waals surface area contributed by atoms with E-state index < -0.39 is 18.7 Å². The number of rotatable bonds is 5. The van der Waals surface area contributed by atoms with Crippen LogP contribution in [0.15, 0.2) is 0 Å². The van der Waals surface area contributed by atoms with Gasteiger partial charge in [-0.1, -0.05) is 13.3 Å². The van der Waals surface area contributed by atoms with E-state index in [1.807, 2.05) is 6.92 Å². The molecule has 1 atom stereocenters. The maximum Gasteiger partial charge on any atom is 0.506 e. The summed E-state index contributed by atoms with van der Waals surface area (Å²) in [7, 11) is 0. The van der Waals surface area contributed by atoms with Crippen LogP contribution >= 0.6 is 0 Å². The Bertz CT molecular complexity index is 139. The molecule has 0 aliphatic rings. The standard InChI is InChI=1S/C7H12F2O3/c1-2-3-4-5(6(8)9)12-7(10)11/h5-6H,2-4H2,1H3,(H,10,11). The van der Waals surface area contributed by atoms with Crippen molar-refractivity contribution < 1.29 is 23.4 Å². The zero-order chi connectivity index (χ0) is 9.56. The van der Waals surface area contributed by atoms with Crippen molar-refractivity contribution in [2.24, 2.45) is 0 Å². The van der Waals surface area contributed by atoms with Crippen molar-refractivity contribution in [3.05, 3.63) is 0 Å². The predicted octanol–water partition coefficient (Wildman–Crippen LogP) is 2.50. The molecular formula is C7H12F2O3. The fourth-order valence-electron chi connectivity index (χ4n) is 0.771. The van der Waals surface area contributed by atoms with Gasteiger partial charge in [0.05, 0.1) is 0 Å². The number of carboxylic acid groups (broad SMARTS) is 1. The summed E-state index contributed by atoms with van der Waals surface area (Å²) in [5, 5.41) is 8.08. The highest BCUT2D eigenvalue weighted by Gasteiger charge is 2.23. The van der Waals surface area contributed by atoms with Crippen molar-refractivity contribution in [3.63, 3.8) is 0 Å². The Kier molecular flexibility index (Phi) is 5.32. The molecule has 0 bridgehead atoms. The van der Waals surface area contributed by atoms with E-state index in [0.29, 0.717) is 6.42 Å². The largest absolute Gasteiger partial charge is 0.506 e. The second-order valence-electron chi connectivity index (χ2n) is 2.40. The highest BCUT2D eigenvalue weighted by atomic mass is 19.3. The zero-order valence-electron chi connectivity index (χ0n) is 6.80. The number of hydrogen-bond acceptors (Lipinski definition) is 2. The molecule has 0 saturated carbocycles. The van der Waals surface area contributed by atoms with Crippen molar-refractivity contribution in [2.45, 2.75) is 38.7 Å². The Hall–Kier alpha value is -0.870. The van der Waals surface area contributed by atoms with E-state index in [2.05, 4.69) is 4.74 Å². The summed E-state index contributed by atoms with van der Waals surface area (Å²) >= 11 is 0. The Labute approximate surface area is 69.3 Å². The molecule has 0 aliphatic heterocycles. The molecule has 1 unspecified atom stereocenters. The van der Waals surface area contributed by atoms with Crippen LogP contribution in [0.1, 0.15) is 26.2 Å². The van der Waals surface area contributed by atoms with Crippen molar-refractivity contribution in [1.29, 1.82) is 0 Å². The van der Waals surface area contributed by atoms with E-state index >= 15 is 0 Å². The van der Waals surface area contributed by atoms with Gasteiger partial charge in [-0.05, 0) is 12.8 Å². The van der Waals surface area contributed by atoms with Gasteiger partial charge in [-0.2, -0.15) is 0 Å². The molecular weight excluding hydrogens is 170 g/mol. The van der Waals surface area contributed by atoms with Crippen LogP contribution in [0.2, 0.25) is 0 Å². The third kappa shape index (κ3) is 4.87. The predicted molar refractivity (Wildman–Crippen MR) is 38.4 cm³/mol. The molecule has 0 aromatic heterocycles. The van der Waals surface area contributed by atoms with Crippen LogP contribution in [-0.2, 0) is 4.74 Å². The number of alkyl halides is 2. The van der Waals surface area contributed by atoms with Crippen LogP contribution in [-0.4, -0.2) is 23.8 Å². The van der Waals surface area contributed by atoms with Crippen molar-refractivity contribution in [1.82, 2.24) is 0 Å². The molecule has 1 N–H and O–H groups in total. The average Bonchev–Trinajstić information content (AvgIpc) is 1.96. The van der Waals surface area contributed by atoms with Crippen LogP contribution in [0, 0.1) is 0 Å². The second kappa shape index (κ2) is 5.74. The van der Waals surface area contributed by atoms with E-state index in [-0.39, 0.29) is 6.42 Å². The molecule has 5 heteroatoms. The Balaban J connectivity index is 3.78. The van der Waals surface area contributed by atoms with Gasteiger partial charge in [0.25, 0.3) is 6.43 Å². The summed E-state index contributed by atoms with van der Waals surface area (Å²) < 4.78 is 28.0. The van der Waals surface area contributed by atoms with Gasteiger partial charge in [0.15, 0.2) is 6.10 Å². The quantitative estimate of drug-likeness (QED) is 0.664. The van der Waals surface area contributed by atoms with E-state index in [1.54, 1.807) is 0 Å². The minimum absolute atomic E-state index is 0.0838. The lowest BCUT2D eigenvalue weighted by Crippen LogP contribution is -2.24. The fourth-order valence-corrected chi connectivity index (χ4v) is 0.771. The smallest absolute Gasteiger partial charge is 0.450 e. The topological polar surface area (TPSA) is 46.5 Å². The van der Waals surface area contributed by atoms with Crippen molar-refractivity contribution >= 4 is 6.16 Å². The number of halogens is 2. The van der Waals surface area contributed by atoms with Gasteiger partial charge in [-0.15, -0.1) is 0 Å². The SMILES string of the molecule is CCCCC(OC(=O)O)C(F)F. The molecule has 72 valence electrons. The minimum atomic E-state index is -2.73. The maximum atomic E-state index is 12.0. The lowest BCUT2D eigenvalue weighted by molar-refractivity contribution is -0.0400. The first-order valence-corrected chi connectivity index (χ1v) is 3.75. The Morgan fingerprint density at radius 2 is 2.17 bits per heavy atom. The minimum Gasteiger partial charge on any atom is -0.450 e. The number of hydrogen-bond donors (Lipinski definition) is 1. The third-order valence-electron chi connectivity index (χ3n) is 1.38. The van der Waals surface area contributed by atoms with E-state index in [4.69, 9.17) is 5.11 Å². The van der Waals surface area contributed by atoms with E-state index in [0.717, 1.165) is 6.42 Å². The van der Waals surface area contributed by atoms with Gasteiger partial charge in [0.2, 0.25) is 0 Å². The molecule has 0 saturated heterocycles. The van der Waals surface area contributed by atoms with Crippen LogP contribution < -0.4 is 0 Å². The second-order valence-corrected chi connectivity index (χ2v) is 2.40. The summed E-state index contributed by atoms with van der Waals surface area (Å²) in [6.07, 6.45) is -4.47. The first-order chi connectivity index (χ1) is 5.57. The molecule has 12 heavy (non-hydrogen) atoms. The fraction of sp³-hybridized carbons (Fsp3) is 0.857. The summed E-state index contributed by atoms with van der Waals surface area (Å²) in [6, 6.07) is 0. The third-order valence-corrected chi connectivity index (χ3v) is 1.38. The van der Waals surface area contributed by atoms with Crippen molar-refractivity contribution in [2.75, 3.05) is 0 Å². The highest BCUT2D eigenvalue weighted by molar-refractivity contribution is 5.57. The number of unbranched alkanes of at least 4 members (excludes halogenated alkanes) is 1. The van der Waals surface area contributed by atoms with Crippen LogP contribution in [0.5, 0.6) is 0 Å². The number of carbonyl (C=O) groups is 1. The zero-order valence-corrected chi connectivity index (χ0v) is 6.80. The Morgan fingerprint density at radius 3 is 2.50 bits per heavy atom. The first kappa shape index (κ1) is 11.1. The molecule has 0 rings (SSSR count). The van der Waals surface area contributed by atoms with Gasteiger partial charge in [-0.3, -0.25) is 0 Å². The van der Waals surface area contributed by atoms with Crippen LogP contribution in [0.4, 0.5) is 13.6 Å². The molecule has 0 fully saturated rings. The van der Waals surface area contributed by atoms with Crippen molar-refractivity contribution in [3.8, 4) is 0 Å². The van der Waals surface area contributed by atoms with E-state index in [9.17, 15) is 13.6 Å². The van der Waals surface area contributed by atoms with Gasteiger partial charge < -0.3 is 9.84 Å². The van der Waals surface area contributed by atoms with Gasteiger partial charge in [0.1, 0.15) is 0 Å². The highest BCUT2D eigenvalue weighted by Crippen LogP contribution is 2.13. The monoisotopic (exact) mass is 182 g/mol. The van der Waals surface area contributed by atoms with Crippen LogP contribution in [0.25, 0.3) is 0 Å².